The molecule has 0 fully saturated rings. The van der Waals surface area contributed by atoms with Crippen LogP contribution in [0.25, 0.3) is 0 Å². The zero-order valence-electron chi connectivity index (χ0n) is 10.3. The van der Waals surface area contributed by atoms with Crippen LogP contribution in [0.15, 0.2) is 12.1 Å². The fourth-order valence-electron chi connectivity index (χ4n) is 1.41. The molecule has 22 heavy (non-hydrogen) atoms. The van der Waals surface area contributed by atoms with Gasteiger partial charge in [-0.2, -0.15) is 26.3 Å². The first kappa shape index (κ1) is 17.4. The summed E-state index contributed by atoms with van der Waals surface area (Å²) in [5.74, 6) is -2.93. The van der Waals surface area contributed by atoms with Crippen molar-refractivity contribution < 1.29 is 41.0 Å². The molecule has 2 N–H and O–H groups in total. The first-order chi connectivity index (χ1) is 9.87. The number of amides is 1. The molecule has 118 valence electrons. The van der Waals surface area contributed by atoms with E-state index in [2.05, 4.69) is 0 Å². The molecular weight excluding hydrogens is 320 g/mol. The lowest BCUT2D eigenvalue weighted by molar-refractivity contribution is -0.167. The van der Waals surface area contributed by atoms with E-state index in [9.17, 15) is 35.9 Å². The van der Waals surface area contributed by atoms with E-state index in [0.717, 1.165) is 0 Å². The van der Waals surface area contributed by atoms with Gasteiger partial charge in [-0.1, -0.05) is 5.92 Å². The Labute approximate surface area is 118 Å². The SMILES string of the molecule is C#Cc1cc(C(F)(F)F)cc(C(=O)O)c1NC(=O)C(F)(F)F. The summed E-state index contributed by atoms with van der Waals surface area (Å²) in [7, 11) is 0. The standard InChI is InChI=1S/C12H5F6NO3/c1-2-5-3-6(11(13,14)15)4-7(9(20)21)8(5)19-10(22)12(16,17)18/h1,3-4H,(H,19,22)(H,20,21). The Bertz CT molecular complexity index is 669. The van der Waals surface area contributed by atoms with Crippen LogP contribution in [0.3, 0.4) is 0 Å². The van der Waals surface area contributed by atoms with Gasteiger partial charge < -0.3 is 10.4 Å². The third-order valence-corrected chi connectivity index (χ3v) is 2.35. The van der Waals surface area contributed by atoms with Crippen LogP contribution in [0.4, 0.5) is 32.0 Å². The second kappa shape index (κ2) is 5.59. The van der Waals surface area contributed by atoms with Gasteiger partial charge in [-0.3, -0.25) is 4.79 Å². The van der Waals surface area contributed by atoms with Crippen molar-refractivity contribution in [1.29, 1.82) is 0 Å². The highest BCUT2D eigenvalue weighted by atomic mass is 19.4. The topological polar surface area (TPSA) is 66.4 Å². The number of rotatable bonds is 2. The Kier molecular flexibility index (Phi) is 4.41. The largest absolute Gasteiger partial charge is 0.478 e. The first-order valence-corrected chi connectivity index (χ1v) is 5.21. The number of carbonyl (C=O) groups excluding carboxylic acids is 1. The summed E-state index contributed by atoms with van der Waals surface area (Å²) in [6.07, 6.45) is -5.47. The Morgan fingerprint density at radius 1 is 1.14 bits per heavy atom. The minimum atomic E-state index is -5.37. The summed E-state index contributed by atoms with van der Waals surface area (Å²) in [5, 5.41) is 10.00. The Morgan fingerprint density at radius 2 is 1.68 bits per heavy atom. The van der Waals surface area contributed by atoms with Crippen LogP contribution in [-0.2, 0) is 11.0 Å². The normalized spacial score (nSPS) is 11.7. The number of anilines is 1. The summed E-state index contributed by atoms with van der Waals surface area (Å²) in [4.78, 5) is 21.8. The molecule has 0 aliphatic rings. The molecule has 4 nitrogen and oxygen atoms in total. The second-order valence-electron chi connectivity index (χ2n) is 3.85. The summed E-state index contributed by atoms with van der Waals surface area (Å²) >= 11 is 0. The van der Waals surface area contributed by atoms with Crippen LogP contribution in [-0.4, -0.2) is 23.2 Å². The average molecular weight is 325 g/mol. The predicted molar refractivity (Wildman–Crippen MR) is 61.0 cm³/mol. The van der Waals surface area contributed by atoms with Crippen molar-refractivity contribution >= 4 is 17.6 Å². The molecule has 0 radical (unpaired) electrons. The Morgan fingerprint density at radius 3 is 2.05 bits per heavy atom. The van der Waals surface area contributed by atoms with Gasteiger partial charge in [0.2, 0.25) is 0 Å². The number of alkyl halides is 6. The highest BCUT2D eigenvalue weighted by Crippen LogP contribution is 2.34. The van der Waals surface area contributed by atoms with Gasteiger partial charge in [0, 0.05) is 5.56 Å². The fraction of sp³-hybridized carbons (Fsp3) is 0.167. The van der Waals surface area contributed by atoms with E-state index in [1.165, 1.54) is 5.32 Å². The highest BCUT2D eigenvalue weighted by Gasteiger charge is 2.40. The number of carboxylic acids is 1. The van der Waals surface area contributed by atoms with Crippen LogP contribution in [0.1, 0.15) is 21.5 Å². The van der Waals surface area contributed by atoms with Crippen molar-refractivity contribution in [3.05, 3.63) is 28.8 Å². The van der Waals surface area contributed by atoms with Crippen LogP contribution >= 0.6 is 0 Å². The molecule has 0 unspecified atom stereocenters. The molecule has 1 rings (SSSR count). The predicted octanol–water partition coefficient (Wildman–Crippen LogP) is 2.89. The molecular formula is C12H5F6NO3. The number of benzene rings is 1. The molecule has 1 aromatic rings. The van der Waals surface area contributed by atoms with Gasteiger partial charge in [-0.15, -0.1) is 6.42 Å². The van der Waals surface area contributed by atoms with Crippen molar-refractivity contribution in [2.24, 2.45) is 0 Å². The fourth-order valence-corrected chi connectivity index (χ4v) is 1.41. The van der Waals surface area contributed by atoms with E-state index >= 15 is 0 Å². The van der Waals surface area contributed by atoms with E-state index in [1.54, 1.807) is 5.92 Å². The first-order valence-electron chi connectivity index (χ1n) is 5.21. The van der Waals surface area contributed by atoms with Crippen molar-refractivity contribution in [1.82, 2.24) is 0 Å². The lowest BCUT2D eigenvalue weighted by atomic mass is 10.0. The van der Waals surface area contributed by atoms with Crippen LogP contribution in [0.5, 0.6) is 0 Å². The zero-order valence-corrected chi connectivity index (χ0v) is 10.3. The number of terminal acetylenes is 1. The zero-order chi connectivity index (χ0) is 17.3. The quantitative estimate of drug-likeness (QED) is 0.649. The van der Waals surface area contributed by atoms with Gasteiger partial charge in [-0.05, 0) is 12.1 Å². The van der Waals surface area contributed by atoms with Crippen LogP contribution in [0.2, 0.25) is 0 Å². The number of carbonyl (C=O) groups is 2. The number of hydrogen-bond donors (Lipinski definition) is 2. The minimum Gasteiger partial charge on any atom is -0.478 e. The summed E-state index contributed by atoms with van der Waals surface area (Å²) in [5.41, 5.74) is -4.56. The molecule has 0 aliphatic carbocycles. The molecule has 0 aromatic heterocycles. The molecule has 0 spiro atoms. The van der Waals surface area contributed by atoms with Gasteiger partial charge >= 0.3 is 24.2 Å². The summed E-state index contributed by atoms with van der Waals surface area (Å²) < 4.78 is 74.3. The number of carboxylic acid groups (broad SMARTS) is 1. The molecule has 10 heteroatoms. The highest BCUT2D eigenvalue weighted by molar-refractivity contribution is 6.04. The monoisotopic (exact) mass is 325 g/mol. The Hall–Kier alpha value is -2.70. The second-order valence-corrected chi connectivity index (χ2v) is 3.85. The molecule has 0 heterocycles. The maximum Gasteiger partial charge on any atom is 0.471 e. The van der Waals surface area contributed by atoms with Crippen molar-refractivity contribution in [3.63, 3.8) is 0 Å². The van der Waals surface area contributed by atoms with Crippen molar-refractivity contribution in [2.75, 3.05) is 5.32 Å². The molecule has 0 aliphatic heterocycles. The van der Waals surface area contributed by atoms with Crippen LogP contribution in [0, 0.1) is 12.3 Å². The third kappa shape index (κ3) is 3.69. The van der Waals surface area contributed by atoms with E-state index in [-0.39, 0.29) is 12.1 Å². The van der Waals surface area contributed by atoms with Gasteiger partial charge in [0.05, 0.1) is 16.8 Å². The summed E-state index contributed by atoms with van der Waals surface area (Å²) in [6.45, 7) is 0. The molecule has 0 bridgehead atoms. The van der Waals surface area contributed by atoms with Crippen molar-refractivity contribution in [2.45, 2.75) is 12.4 Å². The van der Waals surface area contributed by atoms with E-state index in [1.807, 2.05) is 0 Å². The third-order valence-electron chi connectivity index (χ3n) is 2.35. The molecule has 1 amide bonds. The Balaban J connectivity index is 3.54. The molecule has 1 aromatic carbocycles. The van der Waals surface area contributed by atoms with E-state index in [4.69, 9.17) is 11.5 Å². The molecule has 0 atom stereocenters. The molecule has 0 saturated carbocycles. The lowest BCUT2D eigenvalue weighted by Gasteiger charge is -2.15. The average Bonchev–Trinajstić information content (AvgIpc) is 2.35. The van der Waals surface area contributed by atoms with Crippen LogP contribution < -0.4 is 5.32 Å². The maximum atomic E-state index is 12.6. The van der Waals surface area contributed by atoms with Gasteiger partial charge in [0.1, 0.15) is 0 Å². The van der Waals surface area contributed by atoms with Crippen molar-refractivity contribution in [3.8, 4) is 12.3 Å². The van der Waals surface area contributed by atoms with Gasteiger partial charge in [0.15, 0.2) is 0 Å². The number of hydrogen-bond acceptors (Lipinski definition) is 2. The summed E-state index contributed by atoms with van der Waals surface area (Å²) in [6, 6.07) is 0.341. The molecule has 0 saturated heterocycles. The number of nitrogens with one attached hydrogen (secondary N) is 1. The number of aromatic carboxylic acids is 1. The van der Waals surface area contributed by atoms with Gasteiger partial charge in [-0.25, -0.2) is 4.79 Å². The van der Waals surface area contributed by atoms with E-state index in [0.29, 0.717) is 0 Å². The van der Waals surface area contributed by atoms with Gasteiger partial charge in [0.25, 0.3) is 0 Å². The van der Waals surface area contributed by atoms with E-state index < -0.39 is 46.6 Å². The number of halogens is 6. The maximum absolute atomic E-state index is 12.6. The minimum absolute atomic E-state index is 0.0785. The smallest absolute Gasteiger partial charge is 0.471 e. The lowest BCUT2D eigenvalue weighted by Crippen LogP contribution is -2.31.